The van der Waals surface area contributed by atoms with Crippen LogP contribution < -0.4 is 16.0 Å². The van der Waals surface area contributed by atoms with Crippen LogP contribution in [0, 0.1) is 11.8 Å². The van der Waals surface area contributed by atoms with Gasteiger partial charge in [-0.15, -0.1) is 0 Å². The molecule has 0 spiro atoms. The summed E-state index contributed by atoms with van der Waals surface area (Å²) in [6.45, 7) is 3.17. The monoisotopic (exact) mass is 537 g/mol. The number of nitrogens with zero attached hydrogens (tertiary/aromatic N) is 2. The molecule has 2 aliphatic rings. The third kappa shape index (κ3) is 6.36. The lowest BCUT2D eigenvalue weighted by Gasteiger charge is -2.37. The number of aliphatic hydroxyl groups is 1. The lowest BCUT2D eigenvalue weighted by atomic mass is 9.91. The van der Waals surface area contributed by atoms with Crippen molar-refractivity contribution in [2.24, 2.45) is 11.8 Å². The first kappa shape index (κ1) is 28.0. The lowest BCUT2D eigenvalue weighted by Crippen LogP contribution is -2.64. The molecule has 6 atom stereocenters. The van der Waals surface area contributed by atoms with E-state index in [1.54, 1.807) is 13.8 Å². The van der Waals surface area contributed by atoms with Crippen molar-refractivity contribution in [3.8, 4) is 5.75 Å². The maximum absolute atomic E-state index is 13.7. The molecule has 1 saturated carbocycles. The minimum atomic E-state index is -1.28. The van der Waals surface area contributed by atoms with Gasteiger partial charge in [0.15, 0.2) is 5.69 Å². The SMILES string of the molecule is C[C@@H]1[C@H](NC(=O)c2ncccc2O)C(=O)N[C@@H](Cc2ccccc2)[C@@H](O)[C@@H](C)C(=O)NC(C2CC2)C(=O)N1C. The van der Waals surface area contributed by atoms with E-state index in [0.29, 0.717) is 0 Å². The molecule has 11 heteroatoms. The molecule has 1 aromatic heterocycles. The van der Waals surface area contributed by atoms with Gasteiger partial charge in [0.25, 0.3) is 5.91 Å². The molecule has 4 amide bonds. The molecule has 1 aliphatic heterocycles. The van der Waals surface area contributed by atoms with Crippen molar-refractivity contribution >= 4 is 23.6 Å². The molecule has 2 fully saturated rings. The minimum Gasteiger partial charge on any atom is -0.505 e. The molecule has 1 aromatic carbocycles. The summed E-state index contributed by atoms with van der Waals surface area (Å²) < 4.78 is 0. The van der Waals surface area contributed by atoms with Gasteiger partial charge >= 0.3 is 0 Å². The Morgan fingerprint density at radius 3 is 2.38 bits per heavy atom. The Morgan fingerprint density at radius 1 is 1.05 bits per heavy atom. The van der Waals surface area contributed by atoms with Crippen LogP contribution >= 0.6 is 0 Å². The van der Waals surface area contributed by atoms with Gasteiger partial charge in [0.2, 0.25) is 17.7 Å². The summed E-state index contributed by atoms with van der Waals surface area (Å²) in [5.41, 5.74) is 0.562. The zero-order chi connectivity index (χ0) is 28.3. The fraction of sp³-hybridized carbons (Fsp3) is 0.464. The lowest BCUT2D eigenvalue weighted by molar-refractivity contribution is -0.142. The first-order valence-corrected chi connectivity index (χ1v) is 13.1. The average Bonchev–Trinajstić information content (AvgIpc) is 3.77. The summed E-state index contributed by atoms with van der Waals surface area (Å²) in [5.74, 6) is -3.66. The van der Waals surface area contributed by atoms with Crippen molar-refractivity contribution in [2.45, 2.75) is 63.4 Å². The van der Waals surface area contributed by atoms with Crippen molar-refractivity contribution in [3.63, 3.8) is 0 Å². The maximum Gasteiger partial charge on any atom is 0.274 e. The molecule has 5 N–H and O–H groups in total. The number of benzene rings is 1. The second-order valence-electron chi connectivity index (χ2n) is 10.4. The fourth-order valence-electron chi connectivity index (χ4n) is 4.83. The maximum atomic E-state index is 13.7. The second kappa shape index (κ2) is 11.8. The molecule has 0 bridgehead atoms. The molecule has 2 heterocycles. The van der Waals surface area contributed by atoms with Crippen LogP contribution in [0.4, 0.5) is 0 Å². The number of hydrogen-bond acceptors (Lipinski definition) is 7. The molecule has 2 aromatic rings. The summed E-state index contributed by atoms with van der Waals surface area (Å²) in [6.07, 6.45) is 1.82. The third-order valence-electron chi connectivity index (χ3n) is 7.63. The predicted molar refractivity (Wildman–Crippen MR) is 141 cm³/mol. The van der Waals surface area contributed by atoms with Crippen LogP contribution in [0.3, 0.4) is 0 Å². The Hall–Kier alpha value is -3.99. The number of carbonyl (C=O) groups excluding carboxylic acids is 4. The van der Waals surface area contributed by atoms with Gasteiger partial charge in [-0.05, 0) is 49.8 Å². The van der Waals surface area contributed by atoms with E-state index in [2.05, 4.69) is 20.9 Å². The Labute approximate surface area is 227 Å². The number of pyridine rings is 1. The third-order valence-corrected chi connectivity index (χ3v) is 7.63. The van der Waals surface area contributed by atoms with E-state index < -0.39 is 59.8 Å². The normalized spacial score (nSPS) is 28.5. The van der Waals surface area contributed by atoms with Gasteiger partial charge in [0.05, 0.1) is 24.1 Å². The highest BCUT2D eigenvalue weighted by molar-refractivity contribution is 5.98. The van der Waals surface area contributed by atoms with E-state index in [1.165, 1.54) is 30.3 Å². The Balaban J connectivity index is 1.70. The number of aromatic nitrogens is 1. The number of nitrogens with one attached hydrogen (secondary N) is 3. The molecular formula is C28H35N5O6. The number of likely N-dealkylation sites (N-methyl/N-ethyl adjacent to an activating group) is 1. The van der Waals surface area contributed by atoms with Gasteiger partial charge in [-0.3, -0.25) is 19.2 Å². The molecule has 11 nitrogen and oxygen atoms in total. The van der Waals surface area contributed by atoms with Crippen LogP contribution in [0.2, 0.25) is 0 Å². The van der Waals surface area contributed by atoms with Gasteiger partial charge in [0, 0.05) is 13.2 Å². The van der Waals surface area contributed by atoms with Crippen molar-refractivity contribution in [3.05, 3.63) is 59.9 Å². The van der Waals surface area contributed by atoms with Crippen molar-refractivity contribution < 1.29 is 29.4 Å². The Bertz CT molecular complexity index is 1220. The van der Waals surface area contributed by atoms with Gasteiger partial charge in [-0.1, -0.05) is 37.3 Å². The van der Waals surface area contributed by atoms with Crippen LogP contribution in [-0.4, -0.2) is 81.0 Å². The van der Waals surface area contributed by atoms with E-state index in [4.69, 9.17) is 0 Å². The number of carbonyl (C=O) groups is 4. The van der Waals surface area contributed by atoms with Crippen molar-refractivity contribution in [2.75, 3.05) is 7.05 Å². The largest absolute Gasteiger partial charge is 0.505 e. The first-order chi connectivity index (χ1) is 18.6. The van der Waals surface area contributed by atoms with Gasteiger partial charge in [-0.2, -0.15) is 0 Å². The molecule has 1 aliphatic carbocycles. The summed E-state index contributed by atoms with van der Waals surface area (Å²) in [4.78, 5) is 58.7. The molecule has 39 heavy (non-hydrogen) atoms. The van der Waals surface area contributed by atoms with E-state index in [9.17, 15) is 29.4 Å². The molecule has 1 unspecified atom stereocenters. The molecule has 4 rings (SSSR count). The average molecular weight is 538 g/mol. The molecule has 0 radical (unpaired) electrons. The summed E-state index contributed by atoms with van der Waals surface area (Å²) in [5, 5.41) is 29.7. The van der Waals surface area contributed by atoms with E-state index in [-0.39, 0.29) is 23.8 Å². The van der Waals surface area contributed by atoms with Crippen LogP contribution in [0.15, 0.2) is 48.7 Å². The number of aromatic hydroxyl groups is 1. The number of amides is 4. The summed E-state index contributed by atoms with van der Waals surface area (Å²) >= 11 is 0. The van der Waals surface area contributed by atoms with E-state index in [1.807, 2.05) is 30.3 Å². The molecule has 208 valence electrons. The minimum absolute atomic E-state index is 0.0455. The number of hydrogen-bond donors (Lipinski definition) is 5. The topological polar surface area (TPSA) is 161 Å². The van der Waals surface area contributed by atoms with E-state index in [0.717, 1.165) is 18.4 Å². The molecular weight excluding hydrogens is 502 g/mol. The smallest absolute Gasteiger partial charge is 0.274 e. The predicted octanol–water partition coefficient (Wildman–Crippen LogP) is 0.365. The van der Waals surface area contributed by atoms with Gasteiger partial charge in [0.1, 0.15) is 17.8 Å². The highest BCUT2D eigenvalue weighted by Crippen LogP contribution is 2.34. The second-order valence-corrected chi connectivity index (χ2v) is 10.4. The fourth-order valence-corrected chi connectivity index (χ4v) is 4.83. The van der Waals surface area contributed by atoms with Crippen LogP contribution in [0.5, 0.6) is 5.75 Å². The quantitative estimate of drug-likeness (QED) is 0.368. The van der Waals surface area contributed by atoms with Crippen molar-refractivity contribution in [1.29, 1.82) is 0 Å². The zero-order valence-corrected chi connectivity index (χ0v) is 22.2. The first-order valence-electron chi connectivity index (χ1n) is 13.1. The van der Waals surface area contributed by atoms with Crippen molar-refractivity contribution in [1.82, 2.24) is 25.8 Å². The van der Waals surface area contributed by atoms with E-state index >= 15 is 0 Å². The highest BCUT2D eigenvalue weighted by Gasteiger charge is 2.44. The Morgan fingerprint density at radius 2 is 1.74 bits per heavy atom. The number of aliphatic hydroxyl groups excluding tert-OH is 1. The van der Waals surface area contributed by atoms with Gasteiger partial charge < -0.3 is 31.1 Å². The van der Waals surface area contributed by atoms with Crippen LogP contribution in [0.25, 0.3) is 0 Å². The van der Waals surface area contributed by atoms with Crippen LogP contribution in [-0.2, 0) is 20.8 Å². The number of rotatable bonds is 5. The van der Waals surface area contributed by atoms with Crippen LogP contribution in [0.1, 0.15) is 42.7 Å². The Kier molecular flexibility index (Phi) is 8.49. The molecule has 1 saturated heterocycles. The summed E-state index contributed by atoms with van der Waals surface area (Å²) in [7, 11) is 1.52. The van der Waals surface area contributed by atoms with Gasteiger partial charge in [-0.25, -0.2) is 4.98 Å². The zero-order valence-electron chi connectivity index (χ0n) is 22.2. The summed E-state index contributed by atoms with van der Waals surface area (Å²) in [6, 6.07) is 8.18. The highest BCUT2D eigenvalue weighted by atomic mass is 16.3. The standard InChI is InChI=1S/C28H35N5O6/c1-15-24(35)19(14-17-8-5-4-6-9-17)30-26(37)21(31-27(38)23-20(34)10-7-13-29-23)16(2)33(3)28(39)22(18-11-12-18)32-25(15)36/h4-10,13,15-16,18-19,21-22,24,34-35H,11-12,14H2,1-3H3,(H,30,37)(H,31,38)(H,32,36)/t15-,16-,19+,21+,22?,24+/m1/s1.